The summed E-state index contributed by atoms with van der Waals surface area (Å²) in [4.78, 5) is 36.3. The Morgan fingerprint density at radius 2 is 1.97 bits per heavy atom. The number of benzene rings is 1. The average molecular weight is 523 g/mol. The molecule has 3 amide bonds. The van der Waals surface area contributed by atoms with Crippen LogP contribution in [0.3, 0.4) is 0 Å². The number of nitrogens with one attached hydrogen (secondary N) is 1. The van der Waals surface area contributed by atoms with E-state index in [0.717, 1.165) is 16.7 Å². The van der Waals surface area contributed by atoms with E-state index >= 15 is 0 Å². The highest BCUT2D eigenvalue weighted by Gasteiger charge is 2.52. The number of amides is 3. The van der Waals surface area contributed by atoms with Gasteiger partial charge in [-0.25, -0.2) is 9.18 Å². The number of halogens is 1. The van der Waals surface area contributed by atoms with Gasteiger partial charge in [0.15, 0.2) is 0 Å². The molecule has 0 bridgehead atoms. The molecule has 2 saturated heterocycles. The van der Waals surface area contributed by atoms with Crippen LogP contribution in [0.4, 0.5) is 15.0 Å². The number of aromatic amines is 1. The van der Waals surface area contributed by atoms with E-state index in [4.69, 9.17) is 9.47 Å². The molecule has 0 unspecified atom stereocenters. The molecule has 2 aromatic heterocycles. The molecule has 5 rings (SSSR count). The second kappa shape index (κ2) is 10.4. The zero-order valence-electron chi connectivity index (χ0n) is 21.7. The van der Waals surface area contributed by atoms with E-state index in [-0.39, 0.29) is 30.9 Å². The molecule has 38 heavy (non-hydrogen) atoms. The van der Waals surface area contributed by atoms with Gasteiger partial charge in [0.25, 0.3) is 0 Å². The van der Waals surface area contributed by atoms with E-state index < -0.39 is 5.54 Å². The first-order chi connectivity index (χ1) is 18.4. The average Bonchev–Trinajstić information content (AvgIpc) is 3.55. The number of likely N-dealkylation sites (tertiary alicyclic amines) is 1. The van der Waals surface area contributed by atoms with Crippen molar-refractivity contribution in [1.82, 2.24) is 25.0 Å². The number of ether oxygens (including phenoxy) is 2. The van der Waals surface area contributed by atoms with Crippen molar-refractivity contribution < 1.29 is 23.5 Å². The van der Waals surface area contributed by atoms with Crippen LogP contribution in [0.2, 0.25) is 0 Å². The Balaban J connectivity index is 1.48. The van der Waals surface area contributed by atoms with Crippen LogP contribution in [0.5, 0.6) is 5.88 Å². The maximum Gasteiger partial charge on any atom is 0.326 e. The number of carbonyl (C=O) groups is 2. The Hall–Kier alpha value is -3.99. The van der Waals surface area contributed by atoms with Crippen LogP contribution in [0.25, 0.3) is 11.1 Å². The number of piperidine rings is 1. The number of anilines is 1. The molecule has 2 aliphatic heterocycles. The summed E-state index contributed by atoms with van der Waals surface area (Å²) in [6.07, 6.45) is 4.60. The van der Waals surface area contributed by atoms with Crippen LogP contribution >= 0.6 is 0 Å². The molecule has 11 heteroatoms. The summed E-state index contributed by atoms with van der Waals surface area (Å²) in [5.41, 5.74) is 2.30. The number of rotatable bonds is 7. The monoisotopic (exact) mass is 522 g/mol. The molecule has 1 spiro atoms. The lowest BCUT2D eigenvalue weighted by atomic mass is 9.86. The maximum atomic E-state index is 14.4. The molecule has 0 saturated carbocycles. The van der Waals surface area contributed by atoms with Crippen molar-refractivity contribution in [3.8, 4) is 17.0 Å². The Morgan fingerprint density at radius 3 is 2.66 bits per heavy atom. The maximum absolute atomic E-state index is 14.4. The Morgan fingerprint density at radius 1 is 1.18 bits per heavy atom. The zero-order chi connectivity index (χ0) is 26.9. The van der Waals surface area contributed by atoms with Crippen molar-refractivity contribution in [1.29, 1.82) is 0 Å². The molecule has 0 aliphatic carbocycles. The number of hydrogen-bond acceptors (Lipinski definition) is 6. The van der Waals surface area contributed by atoms with Gasteiger partial charge < -0.3 is 19.3 Å². The minimum Gasteiger partial charge on any atom is -0.480 e. The number of methoxy groups -OCH3 is 2. The van der Waals surface area contributed by atoms with Crippen molar-refractivity contribution in [2.24, 2.45) is 0 Å². The number of H-pyrrole nitrogens is 1. The third kappa shape index (κ3) is 4.58. The number of hydrogen-bond donors (Lipinski definition) is 1. The van der Waals surface area contributed by atoms with Gasteiger partial charge in [-0.3, -0.25) is 14.8 Å². The lowest BCUT2D eigenvalue weighted by Crippen LogP contribution is -2.55. The summed E-state index contributed by atoms with van der Waals surface area (Å²) in [5, 5.41) is 6.78. The number of carbonyl (C=O) groups excluding carboxylic acids is 2. The molecular formula is C27H31FN6O4. The van der Waals surface area contributed by atoms with E-state index in [9.17, 15) is 14.0 Å². The van der Waals surface area contributed by atoms with Gasteiger partial charge in [0.1, 0.15) is 18.2 Å². The molecule has 2 aliphatic rings. The fourth-order valence-electron chi connectivity index (χ4n) is 5.37. The molecule has 1 N–H and O–H groups in total. The van der Waals surface area contributed by atoms with Crippen molar-refractivity contribution in [2.75, 3.05) is 45.4 Å². The van der Waals surface area contributed by atoms with Gasteiger partial charge in [-0.2, -0.15) is 10.1 Å². The smallest absolute Gasteiger partial charge is 0.326 e. The zero-order valence-corrected chi connectivity index (χ0v) is 21.7. The summed E-state index contributed by atoms with van der Waals surface area (Å²) in [6.45, 7) is 3.40. The number of urea groups is 1. The molecule has 200 valence electrons. The summed E-state index contributed by atoms with van der Waals surface area (Å²) in [5.74, 6) is 0.471. The molecule has 3 aromatic rings. The van der Waals surface area contributed by atoms with Gasteiger partial charge in [-0.15, -0.1) is 0 Å². The van der Waals surface area contributed by atoms with Crippen molar-refractivity contribution in [3.05, 3.63) is 59.7 Å². The van der Waals surface area contributed by atoms with E-state index in [0.29, 0.717) is 49.7 Å². The predicted molar refractivity (Wildman–Crippen MR) is 138 cm³/mol. The number of nitrogens with zero attached hydrogens (tertiary/aromatic N) is 5. The second-order valence-electron chi connectivity index (χ2n) is 9.73. The molecule has 0 radical (unpaired) electrons. The fraction of sp³-hybridized carbons (Fsp3) is 0.407. The van der Waals surface area contributed by atoms with Gasteiger partial charge in [0.2, 0.25) is 11.8 Å². The van der Waals surface area contributed by atoms with E-state index in [2.05, 4.69) is 15.2 Å². The third-order valence-electron chi connectivity index (χ3n) is 7.63. The van der Waals surface area contributed by atoms with Crippen molar-refractivity contribution in [2.45, 2.75) is 31.8 Å². The number of pyridine rings is 1. The van der Waals surface area contributed by atoms with Crippen LogP contribution in [0.15, 0.2) is 42.7 Å². The molecule has 1 aromatic carbocycles. The molecule has 4 heterocycles. The van der Waals surface area contributed by atoms with Gasteiger partial charge in [0.05, 0.1) is 25.4 Å². The van der Waals surface area contributed by atoms with Crippen LogP contribution in [-0.4, -0.2) is 82.9 Å². The third-order valence-corrected chi connectivity index (χ3v) is 7.63. The Bertz CT molecular complexity index is 1320. The first-order valence-electron chi connectivity index (χ1n) is 12.5. The molecule has 10 nitrogen and oxygen atoms in total. The van der Waals surface area contributed by atoms with Gasteiger partial charge >= 0.3 is 6.03 Å². The minimum atomic E-state index is -0.544. The summed E-state index contributed by atoms with van der Waals surface area (Å²) in [7, 11) is 3.04. The lowest BCUT2D eigenvalue weighted by Gasteiger charge is -2.43. The Kier molecular flexibility index (Phi) is 7.02. The van der Waals surface area contributed by atoms with E-state index in [1.54, 1.807) is 41.2 Å². The van der Waals surface area contributed by atoms with Gasteiger partial charge in [-0.1, -0.05) is 12.1 Å². The topological polar surface area (TPSA) is 104 Å². The number of aromatic nitrogens is 3. The minimum absolute atomic E-state index is 0.0248. The quantitative estimate of drug-likeness (QED) is 0.510. The van der Waals surface area contributed by atoms with Crippen molar-refractivity contribution in [3.63, 3.8) is 0 Å². The fourth-order valence-corrected chi connectivity index (χ4v) is 5.37. The van der Waals surface area contributed by atoms with Gasteiger partial charge in [-0.05, 0) is 49.1 Å². The molecule has 0 atom stereocenters. The summed E-state index contributed by atoms with van der Waals surface area (Å²) >= 11 is 0. The van der Waals surface area contributed by atoms with E-state index in [1.807, 2.05) is 17.0 Å². The summed E-state index contributed by atoms with van der Waals surface area (Å²) < 4.78 is 25.0. The lowest BCUT2D eigenvalue weighted by molar-refractivity contribution is -0.137. The van der Waals surface area contributed by atoms with Crippen LogP contribution in [-0.2, 0) is 16.1 Å². The highest BCUT2D eigenvalue weighted by atomic mass is 19.1. The molecular weight excluding hydrogens is 491 g/mol. The second-order valence-corrected chi connectivity index (χ2v) is 9.73. The van der Waals surface area contributed by atoms with E-state index in [1.165, 1.54) is 20.3 Å². The van der Waals surface area contributed by atoms with Crippen LogP contribution < -0.4 is 9.64 Å². The first kappa shape index (κ1) is 25.7. The predicted octanol–water partition coefficient (Wildman–Crippen LogP) is 3.38. The highest BCUT2D eigenvalue weighted by Crippen LogP contribution is 2.40. The normalized spacial score (nSPS) is 16.9. The SMILES string of the molecule is COCC(=O)N1CCC2(CC1)CN(c1ccc(-c3cn[nH]c3)c(OC)n1)C(=O)N2Cc1cccc(F)c1C. The first-order valence-corrected chi connectivity index (χ1v) is 12.5. The standard InChI is InChI=1S/C27H31FN6O4/c1-18-19(5-4-6-22(18)28)15-34-26(36)33(17-27(34)9-11-32(12-10-27)24(35)16-37-2)23-8-7-21(25(31-23)38-3)20-13-29-30-14-20/h4-8,13-14H,9-12,15-17H2,1-3H3,(H,29,30). The van der Waals surface area contributed by atoms with Crippen molar-refractivity contribution >= 4 is 17.8 Å². The van der Waals surface area contributed by atoms with Gasteiger partial charge in [0, 0.05) is 44.1 Å². The summed E-state index contributed by atoms with van der Waals surface area (Å²) in [6, 6.07) is 8.37. The van der Waals surface area contributed by atoms with Crippen LogP contribution in [0, 0.1) is 12.7 Å². The molecule has 2 fully saturated rings. The Labute approximate surface area is 220 Å². The highest BCUT2D eigenvalue weighted by molar-refractivity contribution is 5.95. The van der Waals surface area contributed by atoms with Crippen LogP contribution in [0.1, 0.15) is 24.0 Å². The largest absolute Gasteiger partial charge is 0.480 e.